The van der Waals surface area contributed by atoms with Crippen LogP contribution in [0.5, 0.6) is 0 Å². The van der Waals surface area contributed by atoms with Gasteiger partial charge >= 0.3 is 5.97 Å². The van der Waals surface area contributed by atoms with E-state index in [-0.39, 0.29) is 0 Å². The number of carboxylic acids is 1. The highest BCUT2D eigenvalue weighted by Gasteiger charge is 2.58. The molecular weight excluding hydrogens is 282 g/mol. The Morgan fingerprint density at radius 3 is 2.71 bits per heavy atom. The van der Waals surface area contributed by atoms with Crippen LogP contribution in [0.1, 0.15) is 60.1 Å². The Morgan fingerprint density at radius 2 is 2.19 bits per heavy atom. The van der Waals surface area contributed by atoms with Crippen LogP contribution < -0.4 is 5.32 Å². The summed E-state index contributed by atoms with van der Waals surface area (Å²) in [6.07, 6.45) is 4.02. The summed E-state index contributed by atoms with van der Waals surface area (Å²) in [5.74, 6) is 0.0136. The smallest absolute Gasteiger partial charge is 0.345 e. The molecule has 2 fully saturated rings. The molecule has 3 rings (SSSR count). The van der Waals surface area contributed by atoms with E-state index in [1.807, 2.05) is 13.0 Å². The molecule has 2 aliphatic carbocycles. The van der Waals surface area contributed by atoms with Crippen molar-refractivity contribution < 1.29 is 9.90 Å². The molecule has 3 nitrogen and oxygen atoms in total. The Hall–Kier alpha value is -0.870. The molecule has 1 aromatic rings. The maximum Gasteiger partial charge on any atom is 0.345 e. The molecule has 2 bridgehead atoms. The quantitative estimate of drug-likeness (QED) is 0.882. The number of thiophene rings is 1. The summed E-state index contributed by atoms with van der Waals surface area (Å²) in [6, 6.07) is 2.36. The van der Waals surface area contributed by atoms with Crippen LogP contribution in [0.2, 0.25) is 0 Å². The Labute approximate surface area is 130 Å². The first-order valence-corrected chi connectivity index (χ1v) is 8.62. The van der Waals surface area contributed by atoms with Crippen LogP contribution in [0.4, 0.5) is 0 Å². The molecule has 0 amide bonds. The van der Waals surface area contributed by atoms with Gasteiger partial charge < -0.3 is 10.4 Å². The van der Waals surface area contributed by atoms with Crippen molar-refractivity contribution in [2.75, 3.05) is 0 Å². The third-order valence-electron chi connectivity index (χ3n) is 6.00. The van der Waals surface area contributed by atoms with Gasteiger partial charge in [0, 0.05) is 17.5 Å². The van der Waals surface area contributed by atoms with E-state index < -0.39 is 5.97 Å². The number of carbonyl (C=O) groups is 1. The molecular formula is C17H25NO2S. The van der Waals surface area contributed by atoms with Crippen molar-refractivity contribution in [1.82, 2.24) is 5.32 Å². The van der Waals surface area contributed by atoms with Crippen LogP contribution in [0.25, 0.3) is 0 Å². The van der Waals surface area contributed by atoms with Gasteiger partial charge in [0.15, 0.2) is 0 Å². The molecule has 2 aliphatic rings. The lowest BCUT2D eigenvalue weighted by atomic mass is 9.68. The van der Waals surface area contributed by atoms with Gasteiger partial charge in [-0.05, 0) is 54.6 Å². The first-order chi connectivity index (χ1) is 9.74. The van der Waals surface area contributed by atoms with Gasteiger partial charge in [-0.15, -0.1) is 11.3 Å². The first-order valence-electron chi connectivity index (χ1n) is 7.80. The van der Waals surface area contributed by atoms with Gasteiger partial charge in [-0.25, -0.2) is 4.79 Å². The Morgan fingerprint density at radius 1 is 1.48 bits per heavy atom. The molecule has 0 saturated heterocycles. The number of fused-ring (bicyclic) bond motifs is 2. The van der Waals surface area contributed by atoms with E-state index in [1.165, 1.54) is 30.6 Å². The van der Waals surface area contributed by atoms with Crippen molar-refractivity contribution in [3.8, 4) is 0 Å². The van der Waals surface area contributed by atoms with E-state index in [4.69, 9.17) is 5.11 Å². The molecule has 2 N–H and O–H groups in total. The number of aryl methyl sites for hydroxylation is 1. The van der Waals surface area contributed by atoms with Crippen molar-refractivity contribution in [3.63, 3.8) is 0 Å². The Kier molecular flexibility index (Phi) is 3.45. The molecule has 0 spiro atoms. The Bertz CT molecular complexity index is 573. The summed E-state index contributed by atoms with van der Waals surface area (Å²) in [4.78, 5) is 12.6. The van der Waals surface area contributed by atoms with Gasteiger partial charge in [0.25, 0.3) is 0 Å². The monoisotopic (exact) mass is 307 g/mol. The lowest BCUT2D eigenvalue weighted by molar-refractivity contribution is 0.0702. The molecule has 0 aromatic carbocycles. The zero-order valence-corrected chi connectivity index (χ0v) is 14.1. The van der Waals surface area contributed by atoms with Crippen LogP contribution in [-0.4, -0.2) is 17.1 Å². The maximum atomic E-state index is 11.1. The van der Waals surface area contributed by atoms with Gasteiger partial charge in [0.05, 0.1) is 0 Å². The van der Waals surface area contributed by atoms with E-state index in [0.29, 0.717) is 21.7 Å². The zero-order chi connectivity index (χ0) is 15.4. The highest BCUT2D eigenvalue weighted by Crippen LogP contribution is 2.62. The summed E-state index contributed by atoms with van der Waals surface area (Å²) >= 11 is 1.38. The molecule has 1 heterocycles. The van der Waals surface area contributed by atoms with Gasteiger partial charge in [0.2, 0.25) is 0 Å². The number of nitrogens with one attached hydrogen (secondary N) is 1. The molecule has 2 saturated carbocycles. The molecule has 3 atom stereocenters. The average Bonchev–Trinajstić information content (AvgIpc) is 2.98. The number of hydrogen-bond donors (Lipinski definition) is 2. The van der Waals surface area contributed by atoms with Crippen molar-refractivity contribution >= 4 is 17.3 Å². The van der Waals surface area contributed by atoms with Gasteiger partial charge in [0.1, 0.15) is 4.88 Å². The minimum atomic E-state index is -0.818. The lowest BCUT2D eigenvalue weighted by Crippen LogP contribution is -2.49. The van der Waals surface area contributed by atoms with Crippen LogP contribution in [0.15, 0.2) is 6.07 Å². The zero-order valence-electron chi connectivity index (χ0n) is 13.3. The van der Waals surface area contributed by atoms with E-state index in [0.717, 1.165) is 22.9 Å². The topological polar surface area (TPSA) is 49.3 Å². The third-order valence-corrected chi connectivity index (χ3v) is 7.08. The third kappa shape index (κ3) is 2.33. The van der Waals surface area contributed by atoms with Gasteiger partial charge in [-0.2, -0.15) is 0 Å². The van der Waals surface area contributed by atoms with Crippen molar-refractivity contribution in [1.29, 1.82) is 0 Å². The maximum absolute atomic E-state index is 11.1. The summed E-state index contributed by atoms with van der Waals surface area (Å²) in [6.45, 7) is 10.0. The SMILES string of the molecule is Cc1sc(C(=O)O)cc1CNC1C2(C)CCC(C2)C1(C)C. The highest BCUT2D eigenvalue weighted by atomic mass is 32.1. The second-order valence-corrected chi connectivity index (χ2v) is 8.98. The van der Waals surface area contributed by atoms with Gasteiger partial charge in [-0.1, -0.05) is 20.8 Å². The Balaban J connectivity index is 1.75. The minimum absolute atomic E-state index is 0.340. The summed E-state index contributed by atoms with van der Waals surface area (Å²) < 4.78 is 0. The summed E-state index contributed by atoms with van der Waals surface area (Å²) in [7, 11) is 0. The minimum Gasteiger partial charge on any atom is -0.477 e. The van der Waals surface area contributed by atoms with E-state index in [9.17, 15) is 4.79 Å². The number of carboxylic acid groups (broad SMARTS) is 1. The molecule has 0 radical (unpaired) electrons. The van der Waals surface area contributed by atoms with Crippen molar-refractivity contribution in [2.24, 2.45) is 16.7 Å². The molecule has 4 heteroatoms. The van der Waals surface area contributed by atoms with Crippen molar-refractivity contribution in [2.45, 2.75) is 59.5 Å². The van der Waals surface area contributed by atoms with Crippen LogP contribution >= 0.6 is 11.3 Å². The summed E-state index contributed by atoms with van der Waals surface area (Å²) in [5, 5.41) is 12.9. The van der Waals surface area contributed by atoms with E-state index >= 15 is 0 Å². The van der Waals surface area contributed by atoms with Gasteiger partial charge in [-0.3, -0.25) is 0 Å². The molecule has 116 valence electrons. The fraction of sp³-hybridized carbons (Fsp3) is 0.706. The standard InChI is InChI=1S/C17H25NO2S/c1-10-11(7-13(21-10)14(19)20)9-18-15-16(2,3)12-5-6-17(15,4)8-12/h7,12,15,18H,5-6,8-9H2,1-4H3,(H,19,20). The fourth-order valence-electron chi connectivity index (χ4n) is 4.82. The molecule has 1 aromatic heterocycles. The number of aromatic carboxylic acids is 1. The predicted octanol–water partition coefficient (Wildman–Crippen LogP) is 4.06. The van der Waals surface area contributed by atoms with E-state index in [1.54, 1.807) is 0 Å². The van der Waals surface area contributed by atoms with Crippen LogP contribution in [0.3, 0.4) is 0 Å². The fourth-order valence-corrected chi connectivity index (χ4v) is 5.70. The van der Waals surface area contributed by atoms with Crippen molar-refractivity contribution in [3.05, 3.63) is 21.4 Å². The highest BCUT2D eigenvalue weighted by molar-refractivity contribution is 7.14. The summed E-state index contributed by atoms with van der Waals surface area (Å²) in [5.41, 5.74) is 1.89. The second-order valence-electron chi connectivity index (χ2n) is 7.73. The predicted molar refractivity (Wildman–Crippen MR) is 85.9 cm³/mol. The first kappa shape index (κ1) is 15.0. The average molecular weight is 307 g/mol. The number of hydrogen-bond acceptors (Lipinski definition) is 3. The largest absolute Gasteiger partial charge is 0.477 e. The van der Waals surface area contributed by atoms with E-state index in [2.05, 4.69) is 26.1 Å². The molecule has 21 heavy (non-hydrogen) atoms. The molecule has 0 aliphatic heterocycles. The van der Waals surface area contributed by atoms with Crippen LogP contribution in [0, 0.1) is 23.7 Å². The lowest BCUT2D eigenvalue weighted by Gasteiger charge is -2.43. The number of rotatable bonds is 4. The molecule has 3 unspecified atom stereocenters. The normalized spacial score (nSPS) is 33.5. The second kappa shape index (κ2) is 4.82. The van der Waals surface area contributed by atoms with Crippen LogP contribution in [-0.2, 0) is 6.54 Å².